The van der Waals surface area contributed by atoms with Crippen molar-refractivity contribution < 1.29 is 9.53 Å². The van der Waals surface area contributed by atoms with Crippen molar-refractivity contribution in [2.75, 3.05) is 30.4 Å². The maximum Gasteiger partial charge on any atom is 0.227 e. The zero-order valence-electron chi connectivity index (χ0n) is 16.9. The number of amides is 1. The highest BCUT2D eigenvalue weighted by Crippen LogP contribution is 2.33. The molecule has 5 rings (SSSR count). The number of tetrazole rings is 1. The van der Waals surface area contributed by atoms with Gasteiger partial charge in [0.05, 0.1) is 23.0 Å². The van der Waals surface area contributed by atoms with Gasteiger partial charge in [-0.3, -0.25) is 4.79 Å². The van der Waals surface area contributed by atoms with Crippen LogP contribution in [0.15, 0.2) is 48.8 Å². The summed E-state index contributed by atoms with van der Waals surface area (Å²) in [6.45, 7) is 1.63. The van der Waals surface area contributed by atoms with Crippen LogP contribution >= 0.6 is 11.3 Å². The molecule has 0 spiro atoms. The van der Waals surface area contributed by atoms with Crippen LogP contribution in [0.2, 0.25) is 0 Å². The maximum atomic E-state index is 12.7. The van der Waals surface area contributed by atoms with Gasteiger partial charge < -0.3 is 15.0 Å². The van der Waals surface area contributed by atoms with Crippen molar-refractivity contribution in [1.82, 2.24) is 25.2 Å². The number of hydrogen-bond donors (Lipinski definition) is 1. The third kappa shape index (κ3) is 4.06. The molecule has 10 heteroatoms. The van der Waals surface area contributed by atoms with E-state index in [9.17, 15) is 4.79 Å². The van der Waals surface area contributed by atoms with Crippen molar-refractivity contribution in [3.8, 4) is 11.4 Å². The first-order valence-electron chi connectivity index (χ1n) is 10.0. The summed E-state index contributed by atoms with van der Waals surface area (Å²) in [5.41, 5.74) is 2.58. The third-order valence-corrected chi connectivity index (χ3v) is 6.55. The van der Waals surface area contributed by atoms with E-state index in [-0.39, 0.29) is 11.8 Å². The van der Waals surface area contributed by atoms with Crippen LogP contribution in [0.25, 0.3) is 15.9 Å². The summed E-state index contributed by atoms with van der Waals surface area (Å²) in [4.78, 5) is 19.8. The Morgan fingerprint density at radius 3 is 2.68 bits per heavy atom. The molecule has 0 aliphatic carbocycles. The Labute approximate surface area is 182 Å². The van der Waals surface area contributed by atoms with Gasteiger partial charge in [-0.1, -0.05) is 11.3 Å². The van der Waals surface area contributed by atoms with Crippen molar-refractivity contribution >= 4 is 38.3 Å². The van der Waals surface area contributed by atoms with Gasteiger partial charge in [-0.25, -0.2) is 9.67 Å². The first-order chi connectivity index (χ1) is 15.2. The number of methoxy groups -OCH3 is 1. The summed E-state index contributed by atoms with van der Waals surface area (Å²) < 4.78 is 7.98. The van der Waals surface area contributed by atoms with Crippen LogP contribution in [0.1, 0.15) is 12.8 Å². The second-order valence-electron chi connectivity index (χ2n) is 7.38. The first-order valence-corrected chi connectivity index (χ1v) is 10.8. The zero-order valence-corrected chi connectivity index (χ0v) is 17.7. The average Bonchev–Trinajstić information content (AvgIpc) is 3.49. The van der Waals surface area contributed by atoms with E-state index in [0.717, 1.165) is 58.4 Å². The van der Waals surface area contributed by atoms with E-state index in [1.54, 1.807) is 23.1 Å². The highest BCUT2D eigenvalue weighted by molar-refractivity contribution is 7.22. The molecule has 1 aliphatic heterocycles. The van der Waals surface area contributed by atoms with Crippen molar-refractivity contribution in [3.63, 3.8) is 0 Å². The molecule has 1 aliphatic rings. The Morgan fingerprint density at radius 2 is 1.97 bits per heavy atom. The van der Waals surface area contributed by atoms with E-state index >= 15 is 0 Å². The van der Waals surface area contributed by atoms with Gasteiger partial charge in [0.15, 0.2) is 5.13 Å². The highest BCUT2D eigenvalue weighted by Gasteiger charge is 2.26. The summed E-state index contributed by atoms with van der Waals surface area (Å²) >= 11 is 1.66. The number of carbonyl (C=O) groups is 1. The number of carbonyl (C=O) groups excluding carboxylic acids is 1. The first kappa shape index (κ1) is 19.4. The van der Waals surface area contributed by atoms with E-state index in [4.69, 9.17) is 9.72 Å². The largest absolute Gasteiger partial charge is 0.497 e. The zero-order chi connectivity index (χ0) is 21.2. The number of ether oxygens (including phenoxy) is 1. The number of aromatic nitrogens is 5. The molecule has 1 saturated heterocycles. The molecule has 0 bridgehead atoms. The molecule has 0 saturated carbocycles. The SMILES string of the molecule is COc1ccc2nc(N3CCC(C(=O)Nc4ccc(-n5cnnn5)cc4)CC3)sc2c1. The molecule has 1 fully saturated rings. The van der Waals surface area contributed by atoms with Crippen molar-refractivity contribution in [1.29, 1.82) is 0 Å². The minimum Gasteiger partial charge on any atom is -0.497 e. The molecule has 1 N–H and O–H groups in total. The number of benzene rings is 2. The lowest BCUT2D eigenvalue weighted by molar-refractivity contribution is -0.120. The number of thiazole rings is 1. The molecule has 0 unspecified atom stereocenters. The molecule has 0 radical (unpaired) electrons. The van der Waals surface area contributed by atoms with Gasteiger partial charge >= 0.3 is 0 Å². The van der Waals surface area contributed by atoms with Gasteiger partial charge in [-0.15, -0.1) is 5.10 Å². The van der Waals surface area contributed by atoms with Crippen LogP contribution in [0.4, 0.5) is 10.8 Å². The van der Waals surface area contributed by atoms with Gasteiger partial charge in [0.25, 0.3) is 0 Å². The van der Waals surface area contributed by atoms with E-state index in [1.807, 2.05) is 42.5 Å². The van der Waals surface area contributed by atoms with Crippen LogP contribution in [-0.4, -0.2) is 51.3 Å². The van der Waals surface area contributed by atoms with E-state index < -0.39 is 0 Å². The summed E-state index contributed by atoms with van der Waals surface area (Å²) in [6.07, 6.45) is 3.13. The molecule has 3 heterocycles. The maximum absolute atomic E-state index is 12.7. The fourth-order valence-corrected chi connectivity index (χ4v) is 4.76. The van der Waals surface area contributed by atoms with Crippen LogP contribution in [0.3, 0.4) is 0 Å². The van der Waals surface area contributed by atoms with Crippen molar-refractivity contribution in [2.45, 2.75) is 12.8 Å². The summed E-state index contributed by atoms with van der Waals surface area (Å²) in [5.74, 6) is 0.887. The number of rotatable bonds is 5. The van der Waals surface area contributed by atoms with E-state index in [0.29, 0.717) is 0 Å². The van der Waals surface area contributed by atoms with Gasteiger partial charge in [-0.05, 0) is 65.7 Å². The summed E-state index contributed by atoms with van der Waals surface area (Å²) in [5, 5.41) is 15.1. The van der Waals surface area contributed by atoms with Crippen molar-refractivity contribution in [2.24, 2.45) is 5.92 Å². The monoisotopic (exact) mass is 435 g/mol. The second kappa shape index (κ2) is 8.31. The van der Waals surface area contributed by atoms with Gasteiger partial charge in [0.1, 0.15) is 12.1 Å². The van der Waals surface area contributed by atoms with Gasteiger partial charge in [0.2, 0.25) is 5.91 Å². The van der Waals surface area contributed by atoms with Crippen molar-refractivity contribution in [3.05, 3.63) is 48.8 Å². The Kier molecular flexibility index (Phi) is 5.21. The molecule has 2 aromatic heterocycles. The second-order valence-corrected chi connectivity index (χ2v) is 8.39. The molecule has 9 nitrogen and oxygen atoms in total. The summed E-state index contributed by atoms with van der Waals surface area (Å²) in [6, 6.07) is 13.4. The fourth-order valence-electron chi connectivity index (χ4n) is 3.71. The lowest BCUT2D eigenvalue weighted by Gasteiger charge is -2.31. The number of hydrogen-bond acceptors (Lipinski definition) is 8. The number of nitrogens with zero attached hydrogens (tertiary/aromatic N) is 6. The van der Waals surface area contributed by atoms with Crippen LogP contribution < -0.4 is 15.0 Å². The molecule has 158 valence electrons. The van der Waals surface area contributed by atoms with Gasteiger partial charge in [-0.2, -0.15) is 0 Å². The quantitative estimate of drug-likeness (QED) is 0.514. The number of nitrogens with one attached hydrogen (secondary N) is 1. The normalized spacial score (nSPS) is 14.7. The molecular weight excluding hydrogens is 414 g/mol. The third-order valence-electron chi connectivity index (χ3n) is 5.47. The predicted octanol–water partition coefficient (Wildman–Crippen LogP) is 3.14. The Morgan fingerprint density at radius 1 is 1.16 bits per heavy atom. The summed E-state index contributed by atoms with van der Waals surface area (Å²) in [7, 11) is 1.67. The lowest BCUT2D eigenvalue weighted by Crippen LogP contribution is -2.38. The molecule has 2 aromatic carbocycles. The highest BCUT2D eigenvalue weighted by atomic mass is 32.1. The molecular formula is C21H21N7O2S. The van der Waals surface area contributed by atoms with E-state index in [2.05, 4.69) is 25.7 Å². The average molecular weight is 436 g/mol. The Hall–Kier alpha value is -3.53. The fraction of sp³-hybridized carbons (Fsp3) is 0.286. The molecule has 31 heavy (non-hydrogen) atoms. The predicted molar refractivity (Wildman–Crippen MR) is 119 cm³/mol. The number of fused-ring (bicyclic) bond motifs is 1. The minimum atomic E-state index is -0.00934. The molecule has 0 atom stereocenters. The van der Waals surface area contributed by atoms with Crippen LogP contribution in [0, 0.1) is 5.92 Å². The van der Waals surface area contributed by atoms with Crippen LogP contribution in [-0.2, 0) is 4.79 Å². The van der Waals surface area contributed by atoms with E-state index in [1.165, 1.54) is 6.33 Å². The molecule has 4 aromatic rings. The molecule has 1 amide bonds. The minimum absolute atomic E-state index is 0.00934. The smallest absolute Gasteiger partial charge is 0.227 e. The number of piperidine rings is 1. The Bertz CT molecular complexity index is 1180. The number of anilines is 2. The Balaban J connectivity index is 1.19. The topological polar surface area (TPSA) is 98.1 Å². The standard InChI is InChI=1S/C21H21N7O2S/c1-30-17-6-7-18-19(12-17)31-21(24-18)27-10-8-14(9-11-27)20(29)23-15-2-4-16(5-3-15)28-13-22-25-26-28/h2-7,12-14H,8-11H2,1H3,(H,23,29). The van der Waals surface area contributed by atoms with Crippen LogP contribution in [0.5, 0.6) is 5.75 Å². The van der Waals surface area contributed by atoms with Gasteiger partial charge in [0, 0.05) is 24.7 Å². The lowest BCUT2D eigenvalue weighted by atomic mass is 9.96.